The highest BCUT2D eigenvalue weighted by molar-refractivity contribution is 5.79. The van der Waals surface area contributed by atoms with Crippen molar-refractivity contribution in [2.75, 3.05) is 19.7 Å². The lowest BCUT2D eigenvalue weighted by molar-refractivity contribution is -0.147. The third kappa shape index (κ3) is 4.96. The monoisotopic (exact) mass is 307 g/mol. The molecule has 1 fully saturated rings. The lowest BCUT2D eigenvalue weighted by Gasteiger charge is -2.32. The van der Waals surface area contributed by atoms with Gasteiger partial charge < -0.3 is 14.7 Å². The second-order valence-electron chi connectivity index (χ2n) is 5.09. The molecule has 1 N–H and O–H groups in total. The minimum Gasteiger partial charge on any atom is -0.481 e. The topological polar surface area (TPSA) is 66.8 Å². The molecule has 1 aromatic carbocycles. The van der Waals surface area contributed by atoms with Gasteiger partial charge in [0.2, 0.25) is 5.91 Å². The highest BCUT2D eigenvalue weighted by atomic mass is 19.1. The van der Waals surface area contributed by atoms with Gasteiger partial charge in [0, 0.05) is 19.5 Å². The van der Waals surface area contributed by atoms with E-state index in [4.69, 9.17) is 9.84 Å². The zero-order valence-electron chi connectivity index (χ0n) is 12.1. The summed E-state index contributed by atoms with van der Waals surface area (Å²) in [5.41, 5.74) is 0.819. The Hall–Kier alpha value is -2.21. The molecular weight excluding hydrogens is 289 g/mol. The number of ether oxygens (including phenoxy) is 1. The van der Waals surface area contributed by atoms with Crippen LogP contribution in [-0.2, 0) is 14.3 Å². The molecule has 0 bridgehead atoms. The Balaban J connectivity index is 1.83. The SMILES string of the molecule is O=C(O)CC1CN(C(=O)C/C=C/c2ccc(F)cc2)CCO1. The molecule has 5 nitrogen and oxygen atoms in total. The van der Waals surface area contributed by atoms with Crippen LogP contribution in [-0.4, -0.2) is 47.7 Å². The van der Waals surface area contributed by atoms with Crippen LogP contribution in [0.2, 0.25) is 0 Å². The number of carboxylic acid groups (broad SMARTS) is 1. The molecule has 0 spiro atoms. The van der Waals surface area contributed by atoms with E-state index in [1.54, 1.807) is 29.2 Å². The summed E-state index contributed by atoms with van der Waals surface area (Å²) < 4.78 is 18.1. The van der Waals surface area contributed by atoms with Gasteiger partial charge in [-0.3, -0.25) is 9.59 Å². The molecule has 1 saturated heterocycles. The summed E-state index contributed by atoms with van der Waals surface area (Å²) in [4.78, 5) is 24.4. The van der Waals surface area contributed by atoms with Crippen molar-refractivity contribution in [1.29, 1.82) is 0 Å². The number of hydrogen-bond acceptors (Lipinski definition) is 3. The smallest absolute Gasteiger partial charge is 0.306 e. The van der Waals surface area contributed by atoms with Crippen molar-refractivity contribution in [2.24, 2.45) is 0 Å². The largest absolute Gasteiger partial charge is 0.481 e. The number of benzene rings is 1. The minimum absolute atomic E-state index is 0.0722. The third-order valence-electron chi connectivity index (χ3n) is 3.37. The fraction of sp³-hybridized carbons (Fsp3) is 0.375. The summed E-state index contributed by atoms with van der Waals surface area (Å²) in [6.45, 7) is 1.13. The predicted molar refractivity (Wildman–Crippen MR) is 78.6 cm³/mol. The van der Waals surface area contributed by atoms with Crippen molar-refractivity contribution in [1.82, 2.24) is 4.90 Å². The summed E-state index contributed by atoms with van der Waals surface area (Å²) in [6, 6.07) is 5.99. The number of carbonyl (C=O) groups excluding carboxylic acids is 1. The van der Waals surface area contributed by atoms with Gasteiger partial charge in [-0.2, -0.15) is 0 Å². The number of nitrogens with zero attached hydrogens (tertiary/aromatic N) is 1. The minimum atomic E-state index is -0.935. The van der Waals surface area contributed by atoms with E-state index in [2.05, 4.69) is 0 Å². The van der Waals surface area contributed by atoms with E-state index in [-0.39, 0.29) is 24.6 Å². The van der Waals surface area contributed by atoms with Gasteiger partial charge in [0.1, 0.15) is 5.82 Å². The van der Waals surface area contributed by atoms with E-state index < -0.39 is 12.1 Å². The first-order valence-electron chi connectivity index (χ1n) is 7.08. The van der Waals surface area contributed by atoms with Crippen LogP contribution in [0.1, 0.15) is 18.4 Å². The molecule has 1 unspecified atom stereocenters. The maximum absolute atomic E-state index is 12.8. The molecule has 1 aromatic rings. The fourth-order valence-corrected chi connectivity index (χ4v) is 2.26. The fourth-order valence-electron chi connectivity index (χ4n) is 2.26. The average Bonchev–Trinajstić information content (AvgIpc) is 2.49. The number of amides is 1. The van der Waals surface area contributed by atoms with Crippen LogP contribution in [0.25, 0.3) is 6.08 Å². The lowest BCUT2D eigenvalue weighted by Crippen LogP contribution is -2.46. The zero-order chi connectivity index (χ0) is 15.9. The van der Waals surface area contributed by atoms with Gasteiger partial charge >= 0.3 is 5.97 Å². The molecule has 118 valence electrons. The zero-order valence-corrected chi connectivity index (χ0v) is 12.1. The molecule has 1 atom stereocenters. The van der Waals surface area contributed by atoms with Crippen molar-refractivity contribution in [3.05, 3.63) is 41.7 Å². The first kappa shape index (κ1) is 16.2. The molecule has 1 amide bonds. The summed E-state index contributed by atoms with van der Waals surface area (Å²) in [5, 5.41) is 8.76. The second-order valence-corrected chi connectivity index (χ2v) is 5.09. The number of carbonyl (C=O) groups is 2. The van der Waals surface area contributed by atoms with Crippen LogP contribution < -0.4 is 0 Å². The van der Waals surface area contributed by atoms with Gasteiger partial charge in [0.05, 0.1) is 19.1 Å². The van der Waals surface area contributed by atoms with Gasteiger partial charge in [-0.1, -0.05) is 24.3 Å². The molecule has 1 aliphatic heterocycles. The number of rotatable bonds is 5. The molecule has 0 aromatic heterocycles. The van der Waals surface area contributed by atoms with Gasteiger partial charge in [-0.25, -0.2) is 4.39 Å². The Morgan fingerprint density at radius 2 is 2.09 bits per heavy atom. The second kappa shape index (κ2) is 7.70. The van der Waals surface area contributed by atoms with E-state index in [0.717, 1.165) is 5.56 Å². The standard InChI is InChI=1S/C16H18FNO4/c17-13-6-4-12(5-7-13)2-1-3-15(19)18-8-9-22-14(11-18)10-16(20)21/h1-2,4-7,14H,3,8-11H2,(H,20,21)/b2-1+. The van der Waals surface area contributed by atoms with Crippen LogP contribution >= 0.6 is 0 Å². The van der Waals surface area contributed by atoms with Gasteiger partial charge in [-0.05, 0) is 17.7 Å². The summed E-state index contributed by atoms with van der Waals surface area (Å²) >= 11 is 0. The Bertz CT molecular complexity index is 556. The predicted octanol–water partition coefficient (Wildman–Crippen LogP) is 1.93. The van der Waals surface area contributed by atoms with E-state index in [0.29, 0.717) is 19.7 Å². The summed E-state index contributed by atoms with van der Waals surface area (Å²) in [5.74, 6) is -1.31. The van der Waals surface area contributed by atoms with Crippen molar-refractivity contribution in [3.63, 3.8) is 0 Å². The van der Waals surface area contributed by atoms with E-state index in [1.807, 2.05) is 0 Å². The Morgan fingerprint density at radius 3 is 2.77 bits per heavy atom. The number of halogens is 1. The van der Waals surface area contributed by atoms with E-state index in [1.165, 1.54) is 12.1 Å². The van der Waals surface area contributed by atoms with Crippen molar-refractivity contribution in [2.45, 2.75) is 18.9 Å². The number of morpholine rings is 1. The maximum atomic E-state index is 12.8. The van der Waals surface area contributed by atoms with Crippen LogP contribution in [0.15, 0.2) is 30.3 Å². The van der Waals surface area contributed by atoms with Crippen LogP contribution in [0, 0.1) is 5.82 Å². The molecule has 6 heteroatoms. The highest BCUT2D eigenvalue weighted by Gasteiger charge is 2.25. The van der Waals surface area contributed by atoms with Crippen LogP contribution in [0.5, 0.6) is 0 Å². The highest BCUT2D eigenvalue weighted by Crippen LogP contribution is 2.11. The molecule has 0 aliphatic carbocycles. The van der Waals surface area contributed by atoms with Crippen LogP contribution in [0.4, 0.5) is 4.39 Å². The van der Waals surface area contributed by atoms with E-state index >= 15 is 0 Å². The lowest BCUT2D eigenvalue weighted by atomic mass is 10.1. The molecule has 0 radical (unpaired) electrons. The van der Waals surface area contributed by atoms with Gasteiger partial charge in [-0.15, -0.1) is 0 Å². The maximum Gasteiger partial charge on any atom is 0.306 e. The molecule has 2 rings (SSSR count). The molecule has 1 aliphatic rings. The molecule has 1 heterocycles. The van der Waals surface area contributed by atoms with Crippen molar-refractivity contribution in [3.8, 4) is 0 Å². The quantitative estimate of drug-likeness (QED) is 0.902. The van der Waals surface area contributed by atoms with Crippen molar-refractivity contribution >= 4 is 18.0 Å². The summed E-state index contributed by atoms with van der Waals surface area (Å²) in [6.07, 6.45) is 3.15. The van der Waals surface area contributed by atoms with Crippen molar-refractivity contribution < 1.29 is 23.8 Å². The molecular formula is C16H18FNO4. The molecule has 22 heavy (non-hydrogen) atoms. The number of hydrogen-bond donors (Lipinski definition) is 1. The first-order chi connectivity index (χ1) is 10.5. The number of carboxylic acids is 1. The Labute approximate surface area is 128 Å². The van der Waals surface area contributed by atoms with E-state index in [9.17, 15) is 14.0 Å². The Kier molecular flexibility index (Phi) is 5.66. The van der Waals surface area contributed by atoms with Gasteiger partial charge in [0.15, 0.2) is 0 Å². The van der Waals surface area contributed by atoms with Crippen LogP contribution in [0.3, 0.4) is 0 Å². The normalized spacial score (nSPS) is 18.6. The van der Waals surface area contributed by atoms with Gasteiger partial charge in [0.25, 0.3) is 0 Å². The third-order valence-corrected chi connectivity index (χ3v) is 3.37. The summed E-state index contributed by atoms with van der Waals surface area (Å²) in [7, 11) is 0. The Morgan fingerprint density at radius 1 is 1.36 bits per heavy atom. The number of aliphatic carboxylic acids is 1. The average molecular weight is 307 g/mol. The molecule has 0 saturated carbocycles. The first-order valence-corrected chi connectivity index (χ1v) is 7.08.